The second kappa shape index (κ2) is 7.79. The van der Waals surface area contributed by atoms with E-state index in [4.69, 9.17) is 0 Å². The second-order valence-corrected chi connectivity index (χ2v) is 5.11. The number of allylic oxidation sites excluding steroid dienone is 1. The first-order valence-corrected chi connectivity index (χ1v) is 6.87. The fraction of sp³-hybridized carbons (Fsp3) is 0.308. The summed E-state index contributed by atoms with van der Waals surface area (Å²) in [6.45, 7) is 3.99. The molecule has 1 aromatic rings. The molecule has 0 aliphatic heterocycles. The smallest absolute Gasteiger partial charge is 0.220 e. The van der Waals surface area contributed by atoms with Crippen molar-refractivity contribution in [3.8, 4) is 0 Å². The van der Waals surface area contributed by atoms with Crippen LogP contribution in [0.4, 0.5) is 0 Å². The molecule has 0 spiro atoms. The van der Waals surface area contributed by atoms with Crippen molar-refractivity contribution in [1.29, 1.82) is 0 Å². The molecule has 1 rings (SSSR count). The summed E-state index contributed by atoms with van der Waals surface area (Å²) < 4.78 is 11.8. The van der Waals surface area contributed by atoms with Gasteiger partial charge in [0.05, 0.1) is 10.8 Å². The molecule has 0 saturated carbocycles. The maximum Gasteiger partial charge on any atom is 0.220 e. The highest BCUT2D eigenvalue weighted by Crippen LogP contribution is 2.04. The number of benzene rings is 1. The Bertz CT molecular complexity index is 390. The van der Waals surface area contributed by atoms with Crippen LogP contribution in [0.5, 0.6) is 0 Å². The summed E-state index contributed by atoms with van der Waals surface area (Å²) in [5.41, 5.74) is 0. The summed E-state index contributed by atoms with van der Waals surface area (Å²) in [4.78, 5) is 12.1. The summed E-state index contributed by atoms with van der Waals surface area (Å²) >= 11 is 0. The molecule has 0 aliphatic carbocycles. The Morgan fingerprint density at radius 1 is 1.35 bits per heavy atom. The van der Waals surface area contributed by atoms with Gasteiger partial charge in [-0.2, -0.15) is 0 Å². The fourth-order valence-corrected chi connectivity index (χ4v) is 2.28. The van der Waals surface area contributed by atoms with Gasteiger partial charge >= 0.3 is 0 Å². The average Bonchev–Trinajstić information content (AvgIpc) is 2.37. The molecule has 1 atom stereocenters. The lowest BCUT2D eigenvalue weighted by molar-refractivity contribution is -0.120. The van der Waals surface area contributed by atoms with Crippen molar-refractivity contribution in [1.82, 2.24) is 5.32 Å². The van der Waals surface area contributed by atoms with Gasteiger partial charge in [-0.05, 0) is 18.6 Å². The van der Waals surface area contributed by atoms with Gasteiger partial charge in [0, 0.05) is 23.6 Å². The zero-order chi connectivity index (χ0) is 12.5. The van der Waals surface area contributed by atoms with Crippen LogP contribution in [0.25, 0.3) is 0 Å². The molecule has 4 heteroatoms. The minimum atomic E-state index is -1.04. The van der Waals surface area contributed by atoms with E-state index in [2.05, 4.69) is 11.9 Å². The lowest BCUT2D eigenvalue weighted by Crippen LogP contribution is -2.27. The zero-order valence-corrected chi connectivity index (χ0v) is 10.5. The normalized spacial score (nSPS) is 11.8. The van der Waals surface area contributed by atoms with Crippen molar-refractivity contribution >= 4 is 16.7 Å². The Morgan fingerprint density at radius 2 is 2.06 bits per heavy atom. The van der Waals surface area contributed by atoms with Crippen LogP contribution in [0.3, 0.4) is 0 Å². The van der Waals surface area contributed by atoms with E-state index in [9.17, 15) is 9.00 Å². The molecule has 1 aromatic carbocycles. The van der Waals surface area contributed by atoms with Crippen LogP contribution in [0, 0.1) is 0 Å². The Balaban J connectivity index is 2.25. The predicted molar refractivity (Wildman–Crippen MR) is 70.2 cm³/mol. The first kappa shape index (κ1) is 13.6. The number of carbonyl (C=O) groups excluding carboxylic acids is 1. The maximum atomic E-state index is 11.8. The van der Waals surface area contributed by atoms with E-state index in [0.717, 1.165) is 4.90 Å². The maximum absolute atomic E-state index is 11.8. The van der Waals surface area contributed by atoms with E-state index in [-0.39, 0.29) is 5.91 Å². The van der Waals surface area contributed by atoms with Gasteiger partial charge in [-0.3, -0.25) is 9.00 Å². The van der Waals surface area contributed by atoms with Crippen LogP contribution in [-0.2, 0) is 15.6 Å². The van der Waals surface area contributed by atoms with E-state index in [0.29, 0.717) is 25.1 Å². The fourth-order valence-electron chi connectivity index (χ4n) is 1.29. The SMILES string of the molecule is C=CCCC(=O)NCCS(=O)c1ccccc1. The van der Waals surface area contributed by atoms with Crippen LogP contribution < -0.4 is 5.32 Å². The van der Waals surface area contributed by atoms with Crippen molar-refractivity contribution < 1.29 is 9.00 Å². The Labute approximate surface area is 104 Å². The topological polar surface area (TPSA) is 46.2 Å². The van der Waals surface area contributed by atoms with Gasteiger partial charge in [-0.15, -0.1) is 6.58 Å². The molecular formula is C13H17NO2S. The molecule has 0 aromatic heterocycles. The molecule has 1 unspecified atom stereocenters. The van der Waals surface area contributed by atoms with Crippen LogP contribution in [0.15, 0.2) is 47.9 Å². The van der Waals surface area contributed by atoms with Crippen molar-refractivity contribution in [3.05, 3.63) is 43.0 Å². The Kier molecular flexibility index (Phi) is 6.25. The highest BCUT2D eigenvalue weighted by atomic mass is 32.2. The summed E-state index contributed by atoms with van der Waals surface area (Å²) in [5.74, 6) is 0.430. The molecule has 0 saturated heterocycles. The highest BCUT2D eigenvalue weighted by molar-refractivity contribution is 7.85. The molecule has 0 bridgehead atoms. The lowest BCUT2D eigenvalue weighted by atomic mass is 10.3. The summed E-state index contributed by atoms with van der Waals surface area (Å²) in [6.07, 6.45) is 2.83. The number of carbonyl (C=O) groups is 1. The predicted octanol–water partition coefficient (Wildman–Crippen LogP) is 1.88. The standard InChI is InChI=1S/C13H17NO2S/c1-2-3-9-13(15)14-10-11-17(16)12-7-5-4-6-8-12/h2,4-8H,1,3,9-11H2,(H,14,15). The minimum Gasteiger partial charge on any atom is -0.355 e. The van der Waals surface area contributed by atoms with Crippen molar-refractivity contribution in [2.75, 3.05) is 12.3 Å². The molecule has 0 aliphatic rings. The molecule has 1 N–H and O–H groups in total. The van der Waals surface area contributed by atoms with Crippen LogP contribution in [-0.4, -0.2) is 22.4 Å². The van der Waals surface area contributed by atoms with E-state index < -0.39 is 10.8 Å². The van der Waals surface area contributed by atoms with E-state index in [1.165, 1.54) is 0 Å². The Hall–Kier alpha value is -1.42. The average molecular weight is 251 g/mol. The van der Waals surface area contributed by atoms with Crippen LogP contribution >= 0.6 is 0 Å². The molecule has 0 fully saturated rings. The molecule has 3 nitrogen and oxygen atoms in total. The van der Waals surface area contributed by atoms with E-state index >= 15 is 0 Å². The number of hydrogen-bond donors (Lipinski definition) is 1. The van der Waals surface area contributed by atoms with Gasteiger partial charge in [0.15, 0.2) is 0 Å². The number of hydrogen-bond acceptors (Lipinski definition) is 2. The second-order valence-electron chi connectivity index (χ2n) is 3.54. The first-order chi connectivity index (χ1) is 8.24. The molecular weight excluding hydrogens is 234 g/mol. The van der Waals surface area contributed by atoms with Gasteiger partial charge in [0.2, 0.25) is 5.91 Å². The molecule has 1 amide bonds. The summed E-state index contributed by atoms with van der Waals surface area (Å²) in [7, 11) is -1.04. The summed E-state index contributed by atoms with van der Waals surface area (Å²) in [5, 5.41) is 2.74. The van der Waals surface area contributed by atoms with Crippen LogP contribution in [0.1, 0.15) is 12.8 Å². The van der Waals surface area contributed by atoms with E-state index in [1.54, 1.807) is 6.08 Å². The molecule has 0 heterocycles. The largest absolute Gasteiger partial charge is 0.355 e. The molecule has 17 heavy (non-hydrogen) atoms. The van der Waals surface area contributed by atoms with Crippen molar-refractivity contribution in [2.45, 2.75) is 17.7 Å². The van der Waals surface area contributed by atoms with Crippen LogP contribution in [0.2, 0.25) is 0 Å². The van der Waals surface area contributed by atoms with Gasteiger partial charge in [-0.25, -0.2) is 0 Å². The zero-order valence-electron chi connectivity index (χ0n) is 9.72. The highest BCUT2D eigenvalue weighted by Gasteiger charge is 2.04. The van der Waals surface area contributed by atoms with Gasteiger partial charge in [0.1, 0.15) is 0 Å². The third-order valence-electron chi connectivity index (χ3n) is 2.19. The van der Waals surface area contributed by atoms with Gasteiger partial charge < -0.3 is 5.32 Å². The summed E-state index contributed by atoms with van der Waals surface area (Å²) in [6, 6.07) is 9.26. The van der Waals surface area contributed by atoms with Crippen molar-refractivity contribution in [3.63, 3.8) is 0 Å². The molecule has 0 radical (unpaired) electrons. The lowest BCUT2D eigenvalue weighted by Gasteiger charge is -2.04. The number of amides is 1. The third-order valence-corrected chi connectivity index (χ3v) is 3.56. The van der Waals surface area contributed by atoms with Gasteiger partial charge in [0.25, 0.3) is 0 Å². The number of rotatable bonds is 7. The number of nitrogens with one attached hydrogen (secondary N) is 1. The third kappa shape index (κ3) is 5.45. The van der Waals surface area contributed by atoms with Crippen molar-refractivity contribution in [2.24, 2.45) is 0 Å². The minimum absolute atomic E-state index is 0.0186. The quantitative estimate of drug-likeness (QED) is 0.752. The van der Waals surface area contributed by atoms with Gasteiger partial charge in [-0.1, -0.05) is 24.3 Å². The van der Waals surface area contributed by atoms with E-state index in [1.807, 2.05) is 30.3 Å². The molecule has 92 valence electrons. The monoisotopic (exact) mass is 251 g/mol. The Morgan fingerprint density at radius 3 is 2.71 bits per heavy atom. The first-order valence-electron chi connectivity index (χ1n) is 5.55.